The van der Waals surface area contributed by atoms with E-state index in [9.17, 15) is 4.79 Å². The van der Waals surface area contributed by atoms with Crippen LogP contribution in [0.1, 0.15) is 19.7 Å². The summed E-state index contributed by atoms with van der Waals surface area (Å²) >= 11 is 4.86. The fourth-order valence-corrected chi connectivity index (χ4v) is 6.19. The lowest BCUT2D eigenvalue weighted by molar-refractivity contribution is -0.140. The van der Waals surface area contributed by atoms with Gasteiger partial charge in [-0.25, -0.2) is 9.97 Å². The minimum absolute atomic E-state index is 0.0815. The Balaban J connectivity index is 1.58. The molecule has 1 fully saturated rings. The Morgan fingerprint density at radius 2 is 2.07 bits per heavy atom. The van der Waals surface area contributed by atoms with Crippen molar-refractivity contribution in [2.45, 2.75) is 38.0 Å². The van der Waals surface area contributed by atoms with Gasteiger partial charge in [-0.3, -0.25) is 4.79 Å². The summed E-state index contributed by atoms with van der Waals surface area (Å²) < 4.78 is 5.73. The third-order valence-electron chi connectivity index (χ3n) is 4.40. The zero-order valence-electron chi connectivity index (χ0n) is 15.5. The summed E-state index contributed by atoms with van der Waals surface area (Å²) in [6, 6.07) is 4.16. The summed E-state index contributed by atoms with van der Waals surface area (Å²) in [5, 5.41) is 6.17. The van der Waals surface area contributed by atoms with Crippen LogP contribution in [0.3, 0.4) is 0 Å². The summed E-state index contributed by atoms with van der Waals surface area (Å²) in [4.78, 5) is 26.1. The second-order valence-corrected chi connectivity index (χ2v) is 9.50. The maximum atomic E-state index is 12.7. The quantitative estimate of drug-likeness (QED) is 0.462. The second kappa shape index (κ2) is 7.87. The summed E-state index contributed by atoms with van der Waals surface area (Å²) in [6.45, 7) is 7.24. The molecule has 5 nitrogen and oxygen atoms in total. The molecule has 1 aliphatic heterocycles. The highest BCUT2D eigenvalue weighted by Crippen LogP contribution is 2.40. The number of hydrogen-bond donors (Lipinski definition) is 0. The number of carbonyl (C=O) groups is 1. The molecule has 1 amide bonds. The number of carbonyl (C=O) groups excluding carboxylic acids is 1. The normalized spacial score (nSPS) is 20.3. The van der Waals surface area contributed by atoms with Crippen molar-refractivity contribution in [2.24, 2.45) is 0 Å². The lowest BCUT2D eigenvalue weighted by Gasteiger charge is -2.35. The van der Waals surface area contributed by atoms with Crippen LogP contribution in [-0.2, 0) is 9.53 Å². The van der Waals surface area contributed by atoms with Crippen molar-refractivity contribution in [3.63, 3.8) is 0 Å². The first-order valence-corrected chi connectivity index (χ1v) is 11.6. The summed E-state index contributed by atoms with van der Waals surface area (Å²) in [5.41, 5.74) is 1.16. The van der Waals surface area contributed by atoms with Gasteiger partial charge < -0.3 is 9.64 Å². The van der Waals surface area contributed by atoms with E-state index in [4.69, 9.17) is 4.74 Å². The fraction of sp³-hybridized carbons (Fsp3) is 0.421. The molecule has 0 N–H and O–H groups in total. The van der Waals surface area contributed by atoms with E-state index in [1.165, 1.54) is 16.6 Å². The Labute approximate surface area is 170 Å². The number of nitrogens with zero attached hydrogens (tertiary/aromatic N) is 3. The molecule has 8 heteroatoms. The number of morpholine rings is 1. The Hall–Kier alpha value is -1.48. The summed E-state index contributed by atoms with van der Waals surface area (Å²) in [6.07, 6.45) is 0.163. The number of amides is 1. The topological polar surface area (TPSA) is 55.3 Å². The maximum Gasteiger partial charge on any atom is 0.233 e. The summed E-state index contributed by atoms with van der Waals surface area (Å²) in [5.74, 6) is 1.26. The van der Waals surface area contributed by atoms with Crippen molar-refractivity contribution >= 4 is 50.6 Å². The van der Waals surface area contributed by atoms with E-state index >= 15 is 0 Å². The van der Waals surface area contributed by atoms with Gasteiger partial charge in [0.1, 0.15) is 15.7 Å². The molecule has 0 saturated carbocycles. The van der Waals surface area contributed by atoms with Crippen molar-refractivity contribution in [3.05, 3.63) is 28.7 Å². The van der Waals surface area contributed by atoms with Gasteiger partial charge in [0.25, 0.3) is 0 Å². The molecule has 0 aromatic carbocycles. The molecule has 1 saturated heterocycles. The lowest BCUT2D eigenvalue weighted by atomic mass is 10.2. The number of hydrogen-bond acceptors (Lipinski definition) is 7. The van der Waals surface area contributed by atoms with Gasteiger partial charge in [-0.05, 0) is 32.2 Å². The van der Waals surface area contributed by atoms with Crippen LogP contribution in [-0.4, -0.2) is 51.8 Å². The molecule has 4 rings (SSSR count). The van der Waals surface area contributed by atoms with Crippen molar-refractivity contribution in [1.82, 2.24) is 14.9 Å². The van der Waals surface area contributed by atoms with Crippen molar-refractivity contribution < 1.29 is 9.53 Å². The highest BCUT2D eigenvalue weighted by molar-refractivity contribution is 8.00. The van der Waals surface area contributed by atoms with Crippen molar-refractivity contribution in [3.8, 4) is 10.4 Å². The average molecular weight is 420 g/mol. The minimum Gasteiger partial charge on any atom is -0.372 e. The van der Waals surface area contributed by atoms with Gasteiger partial charge in [0.2, 0.25) is 5.91 Å². The molecule has 27 heavy (non-hydrogen) atoms. The van der Waals surface area contributed by atoms with Crippen LogP contribution < -0.4 is 0 Å². The largest absolute Gasteiger partial charge is 0.372 e. The van der Waals surface area contributed by atoms with E-state index in [1.54, 1.807) is 22.7 Å². The highest BCUT2D eigenvalue weighted by atomic mass is 32.2. The van der Waals surface area contributed by atoms with Crippen LogP contribution >= 0.6 is 34.4 Å². The molecular weight excluding hydrogens is 398 g/mol. The number of thiophene rings is 2. The standard InChI is InChI=1S/C19H21N3O2S3/c1-11-7-22(8-12(2)24-11)16(23)10-27-19-17-14(15-5-4-6-25-15)9-26-18(17)20-13(3)21-19/h4-6,9,11-12H,7-8,10H2,1-3H3/t11-,12+. The van der Waals surface area contributed by atoms with E-state index in [-0.39, 0.29) is 18.1 Å². The molecule has 1 aliphatic rings. The van der Waals surface area contributed by atoms with Crippen LogP contribution in [0.5, 0.6) is 0 Å². The van der Waals surface area contributed by atoms with E-state index in [0.717, 1.165) is 26.6 Å². The summed E-state index contributed by atoms with van der Waals surface area (Å²) in [7, 11) is 0. The molecule has 2 atom stereocenters. The van der Waals surface area contributed by atoms with E-state index in [1.807, 2.05) is 25.7 Å². The predicted octanol–water partition coefficient (Wildman–Crippen LogP) is 4.46. The zero-order chi connectivity index (χ0) is 19.0. The van der Waals surface area contributed by atoms with E-state index in [2.05, 4.69) is 32.9 Å². The predicted molar refractivity (Wildman–Crippen MR) is 113 cm³/mol. The van der Waals surface area contributed by atoms with Gasteiger partial charge >= 0.3 is 0 Å². The van der Waals surface area contributed by atoms with Gasteiger partial charge in [0.15, 0.2) is 0 Å². The highest BCUT2D eigenvalue weighted by Gasteiger charge is 2.26. The van der Waals surface area contributed by atoms with Crippen LogP contribution in [0.2, 0.25) is 0 Å². The van der Waals surface area contributed by atoms with E-state index < -0.39 is 0 Å². The number of aromatic nitrogens is 2. The van der Waals surface area contributed by atoms with Crippen LogP contribution in [0.25, 0.3) is 20.7 Å². The third kappa shape index (κ3) is 4.03. The number of rotatable bonds is 4. The number of ether oxygens (including phenoxy) is 1. The molecule has 4 heterocycles. The smallest absolute Gasteiger partial charge is 0.233 e. The Bertz CT molecular complexity index is 945. The van der Waals surface area contributed by atoms with Gasteiger partial charge in [-0.15, -0.1) is 22.7 Å². The van der Waals surface area contributed by atoms with Crippen molar-refractivity contribution in [1.29, 1.82) is 0 Å². The Morgan fingerprint density at radius 1 is 1.30 bits per heavy atom. The maximum absolute atomic E-state index is 12.7. The van der Waals surface area contributed by atoms with E-state index in [0.29, 0.717) is 18.8 Å². The molecule has 0 unspecified atom stereocenters. The molecule has 0 radical (unpaired) electrons. The molecule has 142 valence electrons. The van der Waals surface area contributed by atoms with Crippen LogP contribution in [0, 0.1) is 6.92 Å². The zero-order valence-corrected chi connectivity index (χ0v) is 17.9. The van der Waals surface area contributed by atoms with Crippen molar-refractivity contribution in [2.75, 3.05) is 18.8 Å². The third-order valence-corrected chi connectivity index (χ3v) is 7.14. The van der Waals surface area contributed by atoms with Gasteiger partial charge in [-0.2, -0.15) is 0 Å². The van der Waals surface area contributed by atoms with Gasteiger partial charge in [0, 0.05) is 28.9 Å². The van der Waals surface area contributed by atoms with Gasteiger partial charge in [-0.1, -0.05) is 17.8 Å². The first-order chi connectivity index (χ1) is 13.0. The molecule has 0 aliphatic carbocycles. The molecule has 0 bridgehead atoms. The Morgan fingerprint density at radius 3 is 2.78 bits per heavy atom. The monoisotopic (exact) mass is 419 g/mol. The minimum atomic E-state index is 0.0815. The van der Waals surface area contributed by atoms with Crippen LogP contribution in [0.4, 0.5) is 0 Å². The first-order valence-electron chi connectivity index (χ1n) is 8.87. The first kappa shape index (κ1) is 18.9. The molecule has 3 aromatic heterocycles. The number of aryl methyl sites for hydroxylation is 1. The average Bonchev–Trinajstić information content (AvgIpc) is 3.27. The molecule has 0 spiro atoms. The lowest BCUT2D eigenvalue weighted by Crippen LogP contribution is -2.48. The number of fused-ring (bicyclic) bond motifs is 1. The SMILES string of the molecule is Cc1nc(SCC(=O)N2C[C@@H](C)O[C@@H](C)C2)c2c(-c3cccs3)csc2n1. The van der Waals surface area contributed by atoms with Crippen LogP contribution in [0.15, 0.2) is 27.9 Å². The fourth-order valence-electron chi connectivity index (χ4n) is 3.33. The Kier molecular flexibility index (Phi) is 5.50. The van der Waals surface area contributed by atoms with Gasteiger partial charge in [0.05, 0.1) is 23.3 Å². The second-order valence-electron chi connectivity index (χ2n) is 6.73. The molecular formula is C19H21N3O2S3. The number of thioether (sulfide) groups is 1. The molecule has 3 aromatic rings.